The van der Waals surface area contributed by atoms with Crippen LogP contribution in [-0.2, 0) is 4.79 Å². The van der Waals surface area contributed by atoms with Crippen LogP contribution in [0.1, 0.15) is 36.0 Å². The van der Waals surface area contributed by atoms with Gasteiger partial charge >= 0.3 is 0 Å². The maximum Gasteiger partial charge on any atom is 0.272 e. The molecule has 1 aromatic rings. The predicted molar refractivity (Wildman–Crippen MR) is 72.5 cm³/mol. The van der Waals surface area contributed by atoms with Gasteiger partial charge in [-0.1, -0.05) is 12.1 Å². The zero-order chi connectivity index (χ0) is 13.0. The van der Waals surface area contributed by atoms with Crippen molar-refractivity contribution in [2.24, 2.45) is 5.10 Å². The summed E-state index contributed by atoms with van der Waals surface area (Å²) in [4.78, 5) is 23.1. The van der Waals surface area contributed by atoms with Crippen LogP contribution in [0.15, 0.2) is 33.8 Å². The number of Topliss-reactive ketones (excluding diaryl/α,β-unsaturated/α-hetero) is 1. The fourth-order valence-corrected chi connectivity index (χ4v) is 2.29. The van der Waals surface area contributed by atoms with Crippen molar-refractivity contribution in [2.75, 3.05) is 0 Å². The fraction of sp³-hybridized carbons (Fsp3) is 0.308. The van der Waals surface area contributed by atoms with Gasteiger partial charge in [-0.2, -0.15) is 5.10 Å². The Kier molecular flexibility index (Phi) is 4.25. The molecule has 0 spiro atoms. The first kappa shape index (κ1) is 13.0. The van der Waals surface area contributed by atoms with Crippen LogP contribution >= 0.6 is 15.9 Å². The summed E-state index contributed by atoms with van der Waals surface area (Å²) in [7, 11) is 0. The molecule has 1 N–H and O–H groups in total. The van der Waals surface area contributed by atoms with Crippen molar-refractivity contribution >= 4 is 33.3 Å². The van der Waals surface area contributed by atoms with Crippen molar-refractivity contribution < 1.29 is 9.59 Å². The summed E-state index contributed by atoms with van der Waals surface area (Å²) < 4.78 is 0.724. The summed E-state index contributed by atoms with van der Waals surface area (Å²) in [5, 5.41) is 4.03. The van der Waals surface area contributed by atoms with Crippen LogP contribution < -0.4 is 5.43 Å². The molecular weight excluding hydrogens is 296 g/mol. The molecule has 0 unspecified atom stereocenters. The molecule has 0 saturated heterocycles. The molecule has 0 heterocycles. The zero-order valence-corrected chi connectivity index (χ0v) is 11.4. The van der Waals surface area contributed by atoms with Gasteiger partial charge in [-0.15, -0.1) is 0 Å². The van der Waals surface area contributed by atoms with E-state index in [2.05, 4.69) is 26.5 Å². The van der Waals surface area contributed by atoms with Gasteiger partial charge in [0.15, 0.2) is 0 Å². The highest BCUT2D eigenvalue weighted by Crippen LogP contribution is 2.16. The average Bonchev–Trinajstić information content (AvgIpc) is 2.37. The molecule has 0 radical (unpaired) electrons. The highest BCUT2D eigenvalue weighted by atomic mass is 79.9. The quantitative estimate of drug-likeness (QED) is 0.854. The maximum absolute atomic E-state index is 11.9. The van der Waals surface area contributed by atoms with E-state index in [-0.39, 0.29) is 11.7 Å². The Labute approximate surface area is 114 Å². The van der Waals surface area contributed by atoms with Crippen LogP contribution in [0.4, 0.5) is 0 Å². The number of amides is 1. The number of nitrogens with one attached hydrogen (secondary N) is 1. The number of hydrogen-bond acceptors (Lipinski definition) is 3. The summed E-state index contributed by atoms with van der Waals surface area (Å²) in [5.41, 5.74) is 3.78. The molecule has 2 rings (SSSR count). The largest absolute Gasteiger partial charge is 0.299 e. The van der Waals surface area contributed by atoms with Crippen LogP contribution in [0, 0.1) is 0 Å². The number of halogens is 1. The molecule has 1 fully saturated rings. The van der Waals surface area contributed by atoms with Crippen LogP contribution in [0.5, 0.6) is 0 Å². The molecule has 0 aromatic heterocycles. The maximum atomic E-state index is 11.9. The molecular formula is C13H13BrN2O2. The van der Waals surface area contributed by atoms with Gasteiger partial charge in [0.05, 0.1) is 5.56 Å². The number of ketones is 1. The Morgan fingerprint density at radius 1 is 1.28 bits per heavy atom. The zero-order valence-electron chi connectivity index (χ0n) is 9.78. The minimum absolute atomic E-state index is 0.190. The lowest BCUT2D eigenvalue weighted by Crippen LogP contribution is -2.23. The number of hydrazone groups is 1. The summed E-state index contributed by atoms with van der Waals surface area (Å²) in [6.45, 7) is 0. The van der Waals surface area contributed by atoms with E-state index in [0.29, 0.717) is 18.4 Å². The molecule has 5 heteroatoms. The molecule has 0 bridgehead atoms. The van der Waals surface area contributed by atoms with Crippen molar-refractivity contribution in [3.05, 3.63) is 34.3 Å². The third kappa shape index (κ3) is 3.26. The molecule has 0 aliphatic heterocycles. The predicted octanol–water partition coefficient (Wildman–Crippen LogP) is 2.68. The van der Waals surface area contributed by atoms with Crippen molar-refractivity contribution in [2.45, 2.75) is 25.7 Å². The first-order valence-corrected chi connectivity index (χ1v) is 6.58. The average molecular weight is 309 g/mol. The molecule has 18 heavy (non-hydrogen) atoms. The Morgan fingerprint density at radius 2 is 2.06 bits per heavy atom. The lowest BCUT2D eigenvalue weighted by Gasteiger charge is -2.11. The summed E-state index contributed by atoms with van der Waals surface area (Å²) in [6, 6.07) is 7.14. The number of benzene rings is 1. The minimum Gasteiger partial charge on any atom is -0.299 e. The van der Waals surface area contributed by atoms with Gasteiger partial charge in [-0.05, 0) is 40.9 Å². The van der Waals surface area contributed by atoms with E-state index in [0.717, 1.165) is 23.0 Å². The van der Waals surface area contributed by atoms with E-state index in [9.17, 15) is 9.59 Å². The van der Waals surface area contributed by atoms with Gasteiger partial charge in [-0.3, -0.25) is 9.59 Å². The molecule has 94 valence electrons. The van der Waals surface area contributed by atoms with Crippen LogP contribution in [-0.4, -0.2) is 17.4 Å². The molecule has 0 atom stereocenters. The monoisotopic (exact) mass is 308 g/mol. The third-order valence-corrected chi connectivity index (χ3v) is 3.45. The van der Waals surface area contributed by atoms with E-state index < -0.39 is 0 Å². The number of hydrogen-bond donors (Lipinski definition) is 1. The number of carbonyl (C=O) groups is 2. The van der Waals surface area contributed by atoms with Gasteiger partial charge in [0.2, 0.25) is 0 Å². The Bertz CT molecular complexity index is 511. The van der Waals surface area contributed by atoms with Crippen LogP contribution in [0.2, 0.25) is 0 Å². The number of carbonyl (C=O) groups excluding carboxylic acids is 2. The highest BCUT2D eigenvalue weighted by Gasteiger charge is 2.15. The second-order valence-electron chi connectivity index (χ2n) is 4.17. The van der Waals surface area contributed by atoms with E-state index in [1.165, 1.54) is 0 Å². The van der Waals surface area contributed by atoms with Crippen molar-refractivity contribution in [1.82, 2.24) is 5.43 Å². The molecule has 1 aromatic carbocycles. The molecule has 4 nitrogen and oxygen atoms in total. The van der Waals surface area contributed by atoms with Gasteiger partial charge in [0, 0.05) is 23.0 Å². The Morgan fingerprint density at radius 3 is 2.78 bits per heavy atom. The molecule has 1 saturated carbocycles. The van der Waals surface area contributed by atoms with E-state index in [4.69, 9.17) is 0 Å². The number of rotatable bonds is 2. The second kappa shape index (κ2) is 5.91. The van der Waals surface area contributed by atoms with Crippen molar-refractivity contribution in [1.29, 1.82) is 0 Å². The highest BCUT2D eigenvalue weighted by molar-refractivity contribution is 9.10. The van der Waals surface area contributed by atoms with Gasteiger partial charge in [0.1, 0.15) is 5.78 Å². The molecule has 1 aliphatic rings. The third-order valence-electron chi connectivity index (χ3n) is 2.76. The van der Waals surface area contributed by atoms with Gasteiger partial charge < -0.3 is 0 Å². The van der Waals surface area contributed by atoms with Gasteiger partial charge in [0.25, 0.3) is 5.91 Å². The summed E-state index contributed by atoms with van der Waals surface area (Å²) in [6.07, 6.45) is 2.58. The Hall–Kier alpha value is -1.49. The lowest BCUT2D eigenvalue weighted by molar-refractivity contribution is -0.118. The summed E-state index contributed by atoms with van der Waals surface area (Å²) >= 11 is 3.31. The SMILES string of the molecule is O=C1CCC/C(=N\NC(=O)c2ccccc2Br)C1. The first-order valence-electron chi connectivity index (χ1n) is 5.79. The normalized spacial score (nSPS) is 17.8. The first-order chi connectivity index (χ1) is 8.66. The van der Waals surface area contributed by atoms with Crippen molar-refractivity contribution in [3.8, 4) is 0 Å². The topological polar surface area (TPSA) is 58.5 Å². The smallest absolute Gasteiger partial charge is 0.272 e. The lowest BCUT2D eigenvalue weighted by atomic mass is 9.97. The van der Waals surface area contributed by atoms with E-state index in [1.54, 1.807) is 18.2 Å². The second-order valence-corrected chi connectivity index (χ2v) is 5.02. The molecule has 1 amide bonds. The van der Waals surface area contributed by atoms with E-state index in [1.807, 2.05) is 6.07 Å². The van der Waals surface area contributed by atoms with E-state index >= 15 is 0 Å². The van der Waals surface area contributed by atoms with Crippen molar-refractivity contribution in [3.63, 3.8) is 0 Å². The fourth-order valence-electron chi connectivity index (χ4n) is 1.82. The van der Waals surface area contributed by atoms with Gasteiger partial charge in [-0.25, -0.2) is 5.43 Å². The van der Waals surface area contributed by atoms with Crippen LogP contribution in [0.25, 0.3) is 0 Å². The minimum atomic E-state index is -0.270. The summed E-state index contributed by atoms with van der Waals surface area (Å²) in [5.74, 6) is -0.0804. The number of nitrogens with zero attached hydrogens (tertiary/aromatic N) is 1. The Balaban J connectivity index is 2.02. The molecule has 1 aliphatic carbocycles. The van der Waals surface area contributed by atoms with Crippen LogP contribution in [0.3, 0.4) is 0 Å². The standard InChI is InChI=1S/C13H13BrN2O2/c14-12-7-2-1-6-11(12)13(18)16-15-9-4-3-5-10(17)8-9/h1-2,6-7H,3-5,8H2,(H,16,18)/b15-9+.